The summed E-state index contributed by atoms with van der Waals surface area (Å²) in [4.78, 5) is 19.7. The van der Waals surface area contributed by atoms with Crippen molar-refractivity contribution in [2.24, 2.45) is 0 Å². The van der Waals surface area contributed by atoms with Gasteiger partial charge in [0.25, 0.3) is 0 Å². The number of alkyl halides is 3. The van der Waals surface area contributed by atoms with Crippen LogP contribution in [0.25, 0.3) is 22.1 Å². The Hall–Kier alpha value is -3.70. The number of aryl methyl sites for hydroxylation is 1. The minimum Gasteiger partial charge on any atom is -0.370 e. The highest BCUT2D eigenvalue weighted by Crippen LogP contribution is 2.43. The highest BCUT2D eigenvalue weighted by atomic mass is 19.4. The van der Waals surface area contributed by atoms with E-state index in [0.717, 1.165) is 50.5 Å². The Bertz CT molecular complexity index is 1470. The number of hydrogen-bond donors (Lipinski definition) is 1. The van der Waals surface area contributed by atoms with Crippen LogP contribution < -0.4 is 10.2 Å². The van der Waals surface area contributed by atoms with Gasteiger partial charge in [-0.25, -0.2) is 14.3 Å². The molecule has 188 valence electrons. The predicted octanol–water partition coefficient (Wildman–Crippen LogP) is 4.80. The standard InChI is InChI=1S/C24H24F3N7O2/c1-13-20-15(24(25,26)27)11-17(14-5-6-14)29-23(20)34(30-13)12-19(35)28-16-7-8-18(22-21(16)31-36-32-22)33-9-3-2-4-10-33/h7-8,11,14H,2-6,9-10,12H2,1H3,(H,28,35). The second-order valence-corrected chi connectivity index (χ2v) is 9.50. The van der Waals surface area contributed by atoms with E-state index >= 15 is 0 Å². The third kappa shape index (κ3) is 4.03. The summed E-state index contributed by atoms with van der Waals surface area (Å²) in [5.41, 5.74) is 2.15. The molecule has 4 heterocycles. The molecule has 0 radical (unpaired) electrons. The van der Waals surface area contributed by atoms with Crippen molar-refractivity contribution in [2.45, 2.75) is 57.7 Å². The second-order valence-electron chi connectivity index (χ2n) is 9.50. The van der Waals surface area contributed by atoms with Gasteiger partial charge in [-0.3, -0.25) is 4.79 Å². The molecule has 0 atom stereocenters. The highest BCUT2D eigenvalue weighted by molar-refractivity contribution is 6.03. The van der Waals surface area contributed by atoms with Gasteiger partial charge < -0.3 is 10.2 Å². The molecule has 0 spiro atoms. The number of pyridine rings is 1. The van der Waals surface area contributed by atoms with Crippen LogP contribution in [0.1, 0.15) is 55.0 Å². The first-order valence-electron chi connectivity index (χ1n) is 12.0. The van der Waals surface area contributed by atoms with Gasteiger partial charge in [-0.2, -0.15) is 18.3 Å². The summed E-state index contributed by atoms with van der Waals surface area (Å²) in [5.74, 6) is -0.457. The number of nitrogens with zero attached hydrogens (tertiary/aromatic N) is 6. The quantitative estimate of drug-likeness (QED) is 0.421. The number of halogens is 3. The zero-order valence-corrected chi connectivity index (χ0v) is 19.6. The number of benzene rings is 1. The molecule has 1 amide bonds. The average Bonchev–Trinajstić information content (AvgIpc) is 3.50. The molecule has 1 aliphatic heterocycles. The van der Waals surface area contributed by atoms with Crippen LogP contribution in [0.3, 0.4) is 0 Å². The van der Waals surface area contributed by atoms with E-state index in [9.17, 15) is 18.0 Å². The van der Waals surface area contributed by atoms with Gasteiger partial charge in [0.05, 0.1) is 28.0 Å². The first-order chi connectivity index (χ1) is 17.3. The number of anilines is 2. The maximum atomic E-state index is 13.8. The Morgan fingerprint density at radius 3 is 2.61 bits per heavy atom. The zero-order chi connectivity index (χ0) is 25.0. The molecule has 1 saturated carbocycles. The van der Waals surface area contributed by atoms with Crippen molar-refractivity contribution in [2.75, 3.05) is 23.3 Å². The van der Waals surface area contributed by atoms with Gasteiger partial charge in [-0.1, -0.05) is 0 Å². The van der Waals surface area contributed by atoms with Gasteiger partial charge in [0.15, 0.2) is 16.7 Å². The Morgan fingerprint density at radius 1 is 1.14 bits per heavy atom. The third-order valence-electron chi connectivity index (χ3n) is 6.86. The Morgan fingerprint density at radius 2 is 1.89 bits per heavy atom. The SMILES string of the molecule is Cc1nn(CC(=O)Nc2ccc(N3CCCCC3)c3nonc23)c2nc(C3CC3)cc(C(F)(F)F)c12. The van der Waals surface area contributed by atoms with Crippen molar-refractivity contribution in [3.63, 3.8) is 0 Å². The molecular formula is C24H24F3N7O2. The van der Waals surface area contributed by atoms with E-state index in [1.807, 2.05) is 6.07 Å². The van der Waals surface area contributed by atoms with Gasteiger partial charge in [0.2, 0.25) is 5.91 Å². The summed E-state index contributed by atoms with van der Waals surface area (Å²) in [6.45, 7) is 3.02. The molecule has 3 aromatic heterocycles. The minimum atomic E-state index is -4.55. The smallest absolute Gasteiger partial charge is 0.370 e. The number of carbonyl (C=O) groups excluding carboxylic acids is 1. The van der Waals surface area contributed by atoms with Crippen LogP contribution in [0.15, 0.2) is 22.8 Å². The van der Waals surface area contributed by atoms with Gasteiger partial charge in [0, 0.05) is 24.7 Å². The van der Waals surface area contributed by atoms with Gasteiger partial charge in [0.1, 0.15) is 6.54 Å². The van der Waals surface area contributed by atoms with E-state index in [4.69, 9.17) is 4.63 Å². The molecule has 2 fully saturated rings. The molecule has 9 nitrogen and oxygen atoms in total. The van der Waals surface area contributed by atoms with E-state index in [1.165, 1.54) is 18.0 Å². The summed E-state index contributed by atoms with van der Waals surface area (Å²) >= 11 is 0. The molecule has 1 N–H and O–H groups in total. The number of piperidine rings is 1. The molecule has 4 aromatic rings. The van der Waals surface area contributed by atoms with Crippen LogP contribution >= 0.6 is 0 Å². The lowest BCUT2D eigenvalue weighted by Crippen LogP contribution is -2.29. The number of carbonyl (C=O) groups is 1. The van der Waals surface area contributed by atoms with Crippen LogP contribution in [0.4, 0.5) is 24.5 Å². The lowest BCUT2D eigenvalue weighted by atomic mass is 10.1. The van der Waals surface area contributed by atoms with Crippen LogP contribution in [0, 0.1) is 6.92 Å². The predicted molar refractivity (Wildman–Crippen MR) is 126 cm³/mol. The number of fused-ring (bicyclic) bond motifs is 2. The van der Waals surface area contributed by atoms with E-state index in [0.29, 0.717) is 22.4 Å². The lowest BCUT2D eigenvalue weighted by Gasteiger charge is -2.28. The fourth-order valence-electron chi connectivity index (χ4n) is 4.96. The van der Waals surface area contributed by atoms with Crippen molar-refractivity contribution >= 4 is 39.3 Å². The monoisotopic (exact) mass is 499 g/mol. The third-order valence-corrected chi connectivity index (χ3v) is 6.86. The van der Waals surface area contributed by atoms with Crippen LogP contribution in [0.2, 0.25) is 0 Å². The number of aromatic nitrogens is 5. The van der Waals surface area contributed by atoms with E-state index in [1.54, 1.807) is 6.07 Å². The van der Waals surface area contributed by atoms with Crippen molar-refractivity contribution < 1.29 is 22.6 Å². The fraction of sp³-hybridized carbons (Fsp3) is 0.458. The Labute approximate surface area is 203 Å². The summed E-state index contributed by atoms with van der Waals surface area (Å²) < 4.78 is 47.7. The maximum Gasteiger partial charge on any atom is 0.417 e. The maximum absolute atomic E-state index is 13.8. The molecule has 36 heavy (non-hydrogen) atoms. The zero-order valence-electron chi connectivity index (χ0n) is 19.6. The molecule has 12 heteroatoms. The lowest BCUT2D eigenvalue weighted by molar-refractivity contribution is -0.136. The first-order valence-corrected chi connectivity index (χ1v) is 12.0. The van der Waals surface area contributed by atoms with Crippen molar-refractivity contribution in [1.82, 2.24) is 25.1 Å². The topological polar surface area (TPSA) is 102 Å². The second kappa shape index (κ2) is 8.45. The number of hydrogen-bond acceptors (Lipinski definition) is 7. The average molecular weight is 499 g/mol. The van der Waals surface area contributed by atoms with Gasteiger partial charge >= 0.3 is 6.18 Å². The van der Waals surface area contributed by atoms with Crippen LogP contribution in [-0.4, -0.2) is 44.1 Å². The van der Waals surface area contributed by atoms with E-state index in [2.05, 4.69) is 30.6 Å². The Kier molecular flexibility index (Phi) is 5.34. The summed E-state index contributed by atoms with van der Waals surface area (Å²) in [6, 6.07) is 4.74. The molecule has 1 aliphatic carbocycles. The molecule has 0 unspecified atom stereocenters. The highest BCUT2D eigenvalue weighted by Gasteiger charge is 2.37. The van der Waals surface area contributed by atoms with Crippen LogP contribution in [-0.2, 0) is 17.5 Å². The molecule has 1 aromatic carbocycles. The fourth-order valence-corrected chi connectivity index (χ4v) is 4.96. The van der Waals surface area contributed by atoms with Crippen LogP contribution in [0.5, 0.6) is 0 Å². The Balaban J connectivity index is 1.30. The largest absolute Gasteiger partial charge is 0.417 e. The molecular weight excluding hydrogens is 475 g/mol. The van der Waals surface area contributed by atoms with Crippen molar-refractivity contribution in [3.05, 3.63) is 35.2 Å². The van der Waals surface area contributed by atoms with Crippen molar-refractivity contribution in [1.29, 1.82) is 0 Å². The molecule has 0 bridgehead atoms. The number of nitrogens with one attached hydrogen (secondary N) is 1. The summed E-state index contributed by atoms with van der Waals surface area (Å²) in [5, 5.41) is 15.0. The molecule has 6 rings (SSSR count). The summed E-state index contributed by atoms with van der Waals surface area (Å²) in [6.07, 6.45) is 0.433. The van der Waals surface area contributed by atoms with Gasteiger partial charge in [-0.05, 0) is 67.5 Å². The van der Waals surface area contributed by atoms with E-state index in [-0.39, 0.29) is 29.2 Å². The van der Waals surface area contributed by atoms with Gasteiger partial charge in [-0.15, -0.1) is 0 Å². The normalized spacial score (nSPS) is 16.7. The number of amides is 1. The minimum absolute atomic E-state index is 0.0133. The molecule has 1 saturated heterocycles. The van der Waals surface area contributed by atoms with Crippen molar-refractivity contribution in [3.8, 4) is 0 Å². The summed E-state index contributed by atoms with van der Waals surface area (Å²) in [7, 11) is 0. The van der Waals surface area contributed by atoms with E-state index < -0.39 is 17.6 Å². The molecule has 2 aliphatic rings. The first kappa shape index (κ1) is 22.7. The number of rotatable bonds is 5.